The molecule has 1 aliphatic carbocycles. The van der Waals surface area contributed by atoms with E-state index in [0.717, 1.165) is 86.9 Å². The number of imide groups is 1. The molecule has 0 spiro atoms. The van der Waals surface area contributed by atoms with Crippen molar-refractivity contribution in [1.29, 1.82) is 0 Å². The maximum atomic E-state index is 15.5. The molecule has 0 bridgehead atoms. The van der Waals surface area contributed by atoms with E-state index in [1.807, 2.05) is 54.7 Å². The molecule has 5 aliphatic rings. The Morgan fingerprint density at radius 1 is 0.821 bits per heavy atom. The predicted molar refractivity (Wildman–Crippen MR) is 208 cm³/mol. The Labute approximate surface area is 325 Å². The SMILES string of the molecule is O=C1CC[C@H](N2Cc3cc(N4CCN(CC5CCN(c6ccc([C@H]7c8ccc(O)cc8C(F)(F)C[C@H]7c7ccccc7)nc6)CC5)CC4)ccc3C2=O)C(=O)N1. The lowest BCUT2D eigenvalue weighted by molar-refractivity contribution is -0.136. The van der Waals surface area contributed by atoms with Crippen molar-refractivity contribution in [2.75, 3.05) is 55.6 Å². The second-order valence-electron chi connectivity index (χ2n) is 16.1. The first-order chi connectivity index (χ1) is 27.1. The molecule has 4 aliphatic heterocycles. The molecule has 3 aromatic carbocycles. The summed E-state index contributed by atoms with van der Waals surface area (Å²) in [6.45, 7) is 7.02. The summed E-state index contributed by atoms with van der Waals surface area (Å²) in [5.74, 6) is -4.29. The molecular weight excluding hydrogens is 715 g/mol. The molecule has 10 nitrogen and oxygen atoms in total. The van der Waals surface area contributed by atoms with Gasteiger partial charge >= 0.3 is 0 Å². The molecule has 0 radical (unpaired) electrons. The fraction of sp³-hybridized carbons (Fsp3) is 0.409. The van der Waals surface area contributed by atoms with Crippen molar-refractivity contribution in [3.8, 4) is 5.75 Å². The van der Waals surface area contributed by atoms with Gasteiger partial charge in [0.15, 0.2) is 0 Å². The summed E-state index contributed by atoms with van der Waals surface area (Å²) in [6, 6.07) is 23.3. The number of benzene rings is 3. The van der Waals surface area contributed by atoms with Crippen molar-refractivity contribution in [3.05, 3.63) is 119 Å². The van der Waals surface area contributed by atoms with Gasteiger partial charge in [0.05, 0.1) is 11.9 Å². The number of halogens is 2. The molecule has 0 saturated carbocycles. The Bertz CT molecular complexity index is 2130. The number of fused-ring (bicyclic) bond motifs is 2. The Morgan fingerprint density at radius 3 is 2.30 bits per heavy atom. The predicted octanol–water partition coefficient (Wildman–Crippen LogP) is 6.00. The molecule has 3 atom stereocenters. The lowest BCUT2D eigenvalue weighted by atomic mass is 9.69. The van der Waals surface area contributed by atoms with Gasteiger partial charge in [0.1, 0.15) is 11.8 Å². The van der Waals surface area contributed by atoms with E-state index < -0.39 is 23.8 Å². The van der Waals surface area contributed by atoms with Crippen LogP contribution in [0, 0.1) is 5.92 Å². The zero-order valence-corrected chi connectivity index (χ0v) is 31.2. The summed E-state index contributed by atoms with van der Waals surface area (Å²) in [7, 11) is 0. The minimum absolute atomic E-state index is 0.120. The van der Waals surface area contributed by atoms with E-state index in [9.17, 15) is 19.5 Å². The molecule has 3 amide bonds. The van der Waals surface area contributed by atoms with E-state index in [4.69, 9.17) is 4.98 Å². The fourth-order valence-electron chi connectivity index (χ4n) is 9.68. The molecule has 4 aromatic rings. The van der Waals surface area contributed by atoms with Crippen molar-refractivity contribution in [3.63, 3.8) is 0 Å². The average Bonchev–Trinajstić information content (AvgIpc) is 3.53. The standard InChI is InChI=1S/C44H46F2N6O4/c45-44(46)24-36(29-4-2-1-3-5-29)41(35-10-8-33(53)23-37(35)44)38-11-7-32(25-47-38)50-16-14-28(15-17-50)26-49-18-20-51(21-19-49)31-6-9-34-30(22-31)27-52(43(34)56)39-12-13-40(54)48-42(39)55/h1-11,22-23,25,28,36,39,41,53H,12-21,24,26-27H2,(H,48,54,55)/t36-,39-,41-/m0/s1. The number of nitrogens with one attached hydrogen (secondary N) is 1. The highest BCUT2D eigenvalue weighted by molar-refractivity contribution is 6.05. The maximum Gasteiger partial charge on any atom is 0.274 e. The highest BCUT2D eigenvalue weighted by Crippen LogP contribution is 2.54. The first-order valence-corrected chi connectivity index (χ1v) is 19.8. The Hall–Kier alpha value is -5.36. The number of rotatable bonds is 7. The number of anilines is 2. The number of aromatic nitrogens is 1. The number of phenols is 1. The van der Waals surface area contributed by atoms with Crippen LogP contribution in [0.2, 0.25) is 0 Å². The topological polar surface area (TPSA) is 109 Å². The normalized spacial score (nSPS) is 24.2. The van der Waals surface area contributed by atoms with Gasteiger partial charge in [-0.15, -0.1) is 0 Å². The molecule has 56 heavy (non-hydrogen) atoms. The van der Waals surface area contributed by atoms with E-state index in [0.29, 0.717) is 30.0 Å². The number of aromatic hydroxyl groups is 1. The molecule has 1 aromatic heterocycles. The quantitative estimate of drug-likeness (QED) is 0.221. The summed E-state index contributed by atoms with van der Waals surface area (Å²) >= 11 is 0. The lowest BCUT2D eigenvalue weighted by Crippen LogP contribution is -2.52. The Kier molecular flexibility index (Phi) is 9.47. The number of piperidine rings is 2. The smallest absolute Gasteiger partial charge is 0.274 e. The molecule has 3 fully saturated rings. The van der Waals surface area contributed by atoms with E-state index >= 15 is 8.78 Å². The molecule has 5 heterocycles. The van der Waals surface area contributed by atoms with Crippen LogP contribution in [0.25, 0.3) is 0 Å². The van der Waals surface area contributed by atoms with Gasteiger partial charge in [-0.2, -0.15) is 0 Å². The summed E-state index contributed by atoms with van der Waals surface area (Å²) in [6.07, 6.45) is 4.30. The van der Waals surface area contributed by atoms with Crippen LogP contribution in [0.15, 0.2) is 85.1 Å². The zero-order chi connectivity index (χ0) is 38.6. The Morgan fingerprint density at radius 2 is 1.57 bits per heavy atom. The average molecular weight is 761 g/mol. The number of pyridine rings is 1. The van der Waals surface area contributed by atoms with Gasteiger partial charge in [-0.1, -0.05) is 36.4 Å². The van der Waals surface area contributed by atoms with Crippen molar-refractivity contribution in [1.82, 2.24) is 20.1 Å². The second-order valence-corrected chi connectivity index (χ2v) is 16.1. The number of carbonyl (C=O) groups is 3. The van der Waals surface area contributed by atoms with Gasteiger partial charge in [0.25, 0.3) is 11.8 Å². The van der Waals surface area contributed by atoms with Crippen LogP contribution in [0.5, 0.6) is 5.75 Å². The first kappa shape index (κ1) is 36.3. The van der Waals surface area contributed by atoms with Crippen LogP contribution in [0.3, 0.4) is 0 Å². The molecule has 0 unspecified atom stereocenters. The molecular formula is C44H46F2N6O4. The maximum absolute atomic E-state index is 15.5. The largest absolute Gasteiger partial charge is 0.508 e. The van der Waals surface area contributed by atoms with Crippen molar-refractivity contribution in [2.45, 2.75) is 62.4 Å². The molecule has 9 rings (SSSR count). The van der Waals surface area contributed by atoms with Crippen LogP contribution < -0.4 is 15.1 Å². The highest BCUT2D eigenvalue weighted by atomic mass is 19.3. The Balaban J connectivity index is 0.793. The summed E-state index contributed by atoms with van der Waals surface area (Å²) in [5.41, 5.74) is 5.69. The van der Waals surface area contributed by atoms with Crippen molar-refractivity contribution in [2.24, 2.45) is 5.92 Å². The third-order valence-corrected chi connectivity index (χ3v) is 12.7. The van der Waals surface area contributed by atoms with Gasteiger partial charge < -0.3 is 19.8 Å². The number of phenolic OH excluding ortho intramolecular Hbond substituents is 1. The number of nitrogens with zero attached hydrogens (tertiary/aromatic N) is 5. The fourth-order valence-corrected chi connectivity index (χ4v) is 9.68. The number of carbonyl (C=O) groups excluding carboxylic acids is 3. The number of amides is 3. The second kappa shape index (κ2) is 14.6. The summed E-state index contributed by atoms with van der Waals surface area (Å²) < 4.78 is 31.1. The monoisotopic (exact) mass is 760 g/mol. The molecule has 2 N–H and O–H groups in total. The number of hydrogen-bond acceptors (Lipinski definition) is 8. The summed E-state index contributed by atoms with van der Waals surface area (Å²) in [4.78, 5) is 51.0. The molecule has 12 heteroatoms. The third kappa shape index (κ3) is 6.88. The van der Waals surface area contributed by atoms with E-state index in [2.05, 4.69) is 32.1 Å². The minimum atomic E-state index is -3.07. The summed E-state index contributed by atoms with van der Waals surface area (Å²) in [5, 5.41) is 12.5. The van der Waals surface area contributed by atoms with Crippen LogP contribution in [-0.4, -0.2) is 89.5 Å². The molecule has 290 valence electrons. The first-order valence-electron chi connectivity index (χ1n) is 19.8. The van der Waals surface area contributed by atoms with Gasteiger partial charge in [-0.25, -0.2) is 8.78 Å². The number of alkyl halides is 2. The van der Waals surface area contributed by atoms with Crippen molar-refractivity contribution >= 4 is 29.1 Å². The van der Waals surface area contributed by atoms with Crippen LogP contribution in [-0.2, 0) is 22.1 Å². The van der Waals surface area contributed by atoms with Crippen molar-refractivity contribution < 1.29 is 28.3 Å². The van der Waals surface area contributed by atoms with Gasteiger partial charge in [0.2, 0.25) is 11.8 Å². The molecule has 3 saturated heterocycles. The van der Waals surface area contributed by atoms with Gasteiger partial charge in [-0.05, 0) is 84.3 Å². The van der Waals surface area contributed by atoms with Crippen LogP contribution in [0.1, 0.15) is 82.2 Å². The zero-order valence-electron chi connectivity index (χ0n) is 31.2. The van der Waals surface area contributed by atoms with Gasteiger partial charge in [0, 0.05) is 99.5 Å². The number of hydrogen-bond donors (Lipinski definition) is 2. The number of piperazine rings is 1. The lowest BCUT2D eigenvalue weighted by Gasteiger charge is -2.40. The van der Waals surface area contributed by atoms with Crippen LogP contribution >= 0.6 is 0 Å². The van der Waals surface area contributed by atoms with E-state index in [1.165, 1.54) is 12.1 Å². The van der Waals surface area contributed by atoms with Gasteiger partial charge in [-0.3, -0.25) is 29.6 Å². The van der Waals surface area contributed by atoms with E-state index in [1.54, 1.807) is 11.0 Å². The van der Waals surface area contributed by atoms with Crippen LogP contribution in [0.4, 0.5) is 20.2 Å². The third-order valence-electron chi connectivity index (χ3n) is 12.7. The highest BCUT2D eigenvalue weighted by Gasteiger charge is 2.47. The minimum Gasteiger partial charge on any atom is -0.508 e. The van der Waals surface area contributed by atoms with E-state index in [-0.39, 0.29) is 41.9 Å².